The molecule has 2 rings (SSSR count). The molecule has 110 valence electrons. The van der Waals surface area contributed by atoms with Gasteiger partial charge in [0.15, 0.2) is 5.84 Å². The van der Waals surface area contributed by atoms with E-state index in [2.05, 4.69) is 35.8 Å². The van der Waals surface area contributed by atoms with Crippen LogP contribution in [0.4, 0.5) is 5.82 Å². The second kappa shape index (κ2) is 5.31. The van der Waals surface area contributed by atoms with Crippen LogP contribution in [0.2, 0.25) is 0 Å². The van der Waals surface area contributed by atoms with Gasteiger partial charge in [-0.05, 0) is 36.8 Å². The molecule has 0 spiro atoms. The standard InChI is InChI=1S/C15H24N4O/c1-10-7-11(14(16)18-20)8-13(17-10)19-6-5-12(9-19)15(2,3)4/h7-8,12,20H,5-6,9H2,1-4H3,(H2,16,18). The monoisotopic (exact) mass is 276 g/mol. The Morgan fingerprint density at radius 2 is 2.15 bits per heavy atom. The maximum atomic E-state index is 8.81. The lowest BCUT2D eigenvalue weighted by Gasteiger charge is -2.27. The zero-order valence-corrected chi connectivity index (χ0v) is 12.7. The Hall–Kier alpha value is -1.78. The lowest BCUT2D eigenvalue weighted by molar-refractivity contribution is 0.263. The van der Waals surface area contributed by atoms with Gasteiger partial charge in [0.25, 0.3) is 0 Å². The van der Waals surface area contributed by atoms with E-state index in [-0.39, 0.29) is 5.84 Å². The number of oxime groups is 1. The highest BCUT2D eigenvalue weighted by Crippen LogP contribution is 2.35. The van der Waals surface area contributed by atoms with Gasteiger partial charge in [-0.15, -0.1) is 0 Å². The first kappa shape index (κ1) is 14.6. The van der Waals surface area contributed by atoms with Crippen LogP contribution in [0.3, 0.4) is 0 Å². The Kier molecular flexibility index (Phi) is 3.88. The SMILES string of the molecule is Cc1cc(/C(N)=N/O)cc(N2CCC(C(C)(C)C)C2)n1. The Morgan fingerprint density at radius 3 is 2.70 bits per heavy atom. The average Bonchev–Trinajstić information content (AvgIpc) is 2.86. The highest BCUT2D eigenvalue weighted by atomic mass is 16.4. The van der Waals surface area contributed by atoms with E-state index in [9.17, 15) is 0 Å². The van der Waals surface area contributed by atoms with E-state index in [4.69, 9.17) is 10.9 Å². The van der Waals surface area contributed by atoms with Crippen LogP contribution in [-0.2, 0) is 0 Å². The van der Waals surface area contributed by atoms with Crippen molar-refractivity contribution in [1.29, 1.82) is 0 Å². The van der Waals surface area contributed by atoms with E-state index in [1.165, 1.54) is 6.42 Å². The summed E-state index contributed by atoms with van der Waals surface area (Å²) in [7, 11) is 0. The highest BCUT2D eigenvalue weighted by molar-refractivity contribution is 5.97. The molecule has 5 heteroatoms. The smallest absolute Gasteiger partial charge is 0.170 e. The number of aryl methyl sites for hydroxylation is 1. The number of amidine groups is 1. The first-order chi connectivity index (χ1) is 9.31. The summed E-state index contributed by atoms with van der Waals surface area (Å²) in [5.74, 6) is 1.71. The van der Waals surface area contributed by atoms with E-state index in [1.54, 1.807) is 0 Å². The number of aromatic nitrogens is 1. The minimum atomic E-state index is 0.128. The molecule has 1 aromatic rings. The predicted molar refractivity (Wildman–Crippen MR) is 81.3 cm³/mol. The van der Waals surface area contributed by atoms with Crippen LogP contribution >= 0.6 is 0 Å². The molecule has 3 N–H and O–H groups in total. The first-order valence-corrected chi connectivity index (χ1v) is 7.03. The van der Waals surface area contributed by atoms with Gasteiger partial charge in [0.2, 0.25) is 0 Å². The van der Waals surface area contributed by atoms with Crippen molar-refractivity contribution >= 4 is 11.7 Å². The van der Waals surface area contributed by atoms with Crippen LogP contribution in [-0.4, -0.2) is 29.1 Å². The van der Waals surface area contributed by atoms with Crippen molar-refractivity contribution in [1.82, 2.24) is 4.98 Å². The molecule has 1 atom stereocenters. The molecule has 1 saturated heterocycles. The number of nitrogens with zero attached hydrogens (tertiary/aromatic N) is 3. The van der Waals surface area contributed by atoms with E-state index < -0.39 is 0 Å². The molecular formula is C15H24N4O. The molecule has 0 aliphatic carbocycles. The van der Waals surface area contributed by atoms with E-state index in [0.717, 1.165) is 24.6 Å². The zero-order chi connectivity index (χ0) is 14.9. The summed E-state index contributed by atoms with van der Waals surface area (Å²) in [6.07, 6.45) is 1.18. The lowest BCUT2D eigenvalue weighted by atomic mass is 9.80. The normalized spacial score (nSPS) is 20.5. The van der Waals surface area contributed by atoms with Gasteiger partial charge in [0.05, 0.1) is 0 Å². The first-order valence-electron chi connectivity index (χ1n) is 7.03. The van der Waals surface area contributed by atoms with Crippen LogP contribution < -0.4 is 10.6 Å². The van der Waals surface area contributed by atoms with Gasteiger partial charge in [0, 0.05) is 24.3 Å². The van der Waals surface area contributed by atoms with Gasteiger partial charge in [-0.2, -0.15) is 0 Å². The summed E-state index contributed by atoms with van der Waals surface area (Å²) in [6, 6.07) is 3.73. The fraction of sp³-hybridized carbons (Fsp3) is 0.600. The molecule has 0 radical (unpaired) electrons. The summed E-state index contributed by atoms with van der Waals surface area (Å²) >= 11 is 0. The molecule has 1 fully saturated rings. The number of hydrogen-bond donors (Lipinski definition) is 2. The summed E-state index contributed by atoms with van der Waals surface area (Å²) in [6.45, 7) is 10.8. The van der Waals surface area contributed by atoms with Gasteiger partial charge in [-0.3, -0.25) is 0 Å². The van der Waals surface area contributed by atoms with Crippen molar-refractivity contribution in [2.24, 2.45) is 22.2 Å². The fourth-order valence-corrected chi connectivity index (χ4v) is 2.69. The summed E-state index contributed by atoms with van der Waals surface area (Å²) < 4.78 is 0. The second-order valence-corrected chi connectivity index (χ2v) is 6.64. The van der Waals surface area contributed by atoms with Gasteiger partial charge in [-0.1, -0.05) is 25.9 Å². The molecule has 0 amide bonds. The van der Waals surface area contributed by atoms with Crippen molar-refractivity contribution in [3.63, 3.8) is 0 Å². The van der Waals surface area contributed by atoms with Crippen molar-refractivity contribution < 1.29 is 5.21 Å². The average molecular weight is 276 g/mol. The third-order valence-corrected chi connectivity index (χ3v) is 4.08. The molecule has 0 bridgehead atoms. The summed E-state index contributed by atoms with van der Waals surface area (Å²) in [4.78, 5) is 6.87. The van der Waals surface area contributed by atoms with Crippen molar-refractivity contribution in [3.8, 4) is 0 Å². The fourth-order valence-electron chi connectivity index (χ4n) is 2.69. The molecule has 1 aromatic heterocycles. The van der Waals surface area contributed by atoms with Gasteiger partial charge in [-0.25, -0.2) is 4.98 Å². The lowest BCUT2D eigenvalue weighted by Crippen LogP contribution is -2.27. The van der Waals surface area contributed by atoms with Crippen LogP contribution in [0.5, 0.6) is 0 Å². The van der Waals surface area contributed by atoms with Gasteiger partial charge < -0.3 is 15.8 Å². The largest absolute Gasteiger partial charge is 0.409 e. The van der Waals surface area contributed by atoms with Gasteiger partial charge in [0.1, 0.15) is 5.82 Å². The predicted octanol–water partition coefficient (Wildman–Crippen LogP) is 2.36. The molecule has 1 aliphatic heterocycles. The Labute approximate surface area is 120 Å². The molecule has 0 aromatic carbocycles. The molecule has 1 aliphatic rings. The number of anilines is 1. The maximum Gasteiger partial charge on any atom is 0.170 e. The summed E-state index contributed by atoms with van der Waals surface area (Å²) in [5.41, 5.74) is 7.59. The molecule has 5 nitrogen and oxygen atoms in total. The number of pyridine rings is 1. The number of hydrogen-bond acceptors (Lipinski definition) is 4. The van der Waals surface area contributed by atoms with Crippen molar-refractivity contribution in [2.75, 3.05) is 18.0 Å². The Balaban J connectivity index is 2.24. The van der Waals surface area contributed by atoms with Crippen LogP contribution in [0, 0.1) is 18.3 Å². The van der Waals surface area contributed by atoms with Crippen LogP contribution in [0.25, 0.3) is 0 Å². The second-order valence-electron chi connectivity index (χ2n) is 6.64. The molecule has 2 heterocycles. The quantitative estimate of drug-likeness (QED) is 0.376. The molecular weight excluding hydrogens is 252 g/mol. The Morgan fingerprint density at radius 1 is 1.45 bits per heavy atom. The minimum Gasteiger partial charge on any atom is -0.409 e. The minimum absolute atomic E-state index is 0.128. The Bertz CT molecular complexity index is 519. The molecule has 1 unspecified atom stereocenters. The highest BCUT2D eigenvalue weighted by Gasteiger charge is 2.32. The van der Waals surface area contributed by atoms with Crippen LogP contribution in [0.15, 0.2) is 17.3 Å². The molecule has 20 heavy (non-hydrogen) atoms. The van der Waals surface area contributed by atoms with Gasteiger partial charge >= 0.3 is 0 Å². The topological polar surface area (TPSA) is 74.7 Å². The van der Waals surface area contributed by atoms with E-state index in [0.29, 0.717) is 16.9 Å². The number of nitrogens with two attached hydrogens (primary N) is 1. The number of rotatable bonds is 2. The van der Waals surface area contributed by atoms with E-state index in [1.807, 2.05) is 19.1 Å². The van der Waals surface area contributed by atoms with E-state index >= 15 is 0 Å². The van der Waals surface area contributed by atoms with Crippen LogP contribution in [0.1, 0.15) is 38.4 Å². The molecule has 0 saturated carbocycles. The summed E-state index contributed by atoms with van der Waals surface area (Å²) in [5, 5.41) is 11.9. The third-order valence-electron chi connectivity index (χ3n) is 4.08. The zero-order valence-electron chi connectivity index (χ0n) is 12.7. The third kappa shape index (κ3) is 3.03. The maximum absolute atomic E-state index is 8.81. The van der Waals surface area contributed by atoms with Crippen molar-refractivity contribution in [2.45, 2.75) is 34.1 Å². The van der Waals surface area contributed by atoms with Crippen molar-refractivity contribution in [3.05, 3.63) is 23.4 Å².